The Hall–Kier alpha value is -1.12. The van der Waals surface area contributed by atoms with E-state index in [0.29, 0.717) is 12.2 Å². The van der Waals surface area contributed by atoms with Gasteiger partial charge in [0.1, 0.15) is 5.78 Å². The predicted octanol–water partition coefficient (Wildman–Crippen LogP) is 2.50. The Balaban J connectivity index is 1.91. The molecule has 88 valence electrons. The van der Waals surface area contributed by atoms with E-state index in [-0.39, 0.29) is 5.41 Å². The van der Waals surface area contributed by atoms with Gasteiger partial charge in [-0.05, 0) is 25.3 Å². The molecule has 0 bridgehead atoms. The molecule has 1 heterocycles. The van der Waals surface area contributed by atoms with Gasteiger partial charge in [-0.15, -0.1) is 0 Å². The lowest BCUT2D eigenvalue weighted by atomic mass is 9.82. The maximum atomic E-state index is 12.1. The van der Waals surface area contributed by atoms with Crippen molar-refractivity contribution in [3.63, 3.8) is 0 Å². The Bertz CT molecular complexity index is 375. The lowest BCUT2D eigenvalue weighted by molar-refractivity contribution is -0.127. The van der Waals surface area contributed by atoms with Crippen LogP contribution in [-0.4, -0.2) is 15.6 Å². The smallest absolute Gasteiger partial charge is 0.139 e. The Morgan fingerprint density at radius 2 is 2.19 bits per heavy atom. The Labute approximate surface area is 96.8 Å². The number of carbonyl (C=O) groups is 1. The zero-order valence-corrected chi connectivity index (χ0v) is 10.2. The number of nitrogens with zero attached hydrogens (tertiary/aromatic N) is 2. The minimum atomic E-state index is -0.0292. The SMILES string of the molecule is Cn1nccc1CCC(=O)C1(C)CCCC1. The molecule has 0 atom stereocenters. The van der Waals surface area contributed by atoms with Gasteiger partial charge in [-0.3, -0.25) is 9.48 Å². The van der Waals surface area contributed by atoms with Crippen LogP contribution >= 0.6 is 0 Å². The van der Waals surface area contributed by atoms with E-state index in [0.717, 1.165) is 25.0 Å². The molecule has 0 aromatic carbocycles. The third-order valence-electron chi connectivity index (χ3n) is 3.91. The van der Waals surface area contributed by atoms with Crippen molar-refractivity contribution in [3.05, 3.63) is 18.0 Å². The molecule has 3 nitrogen and oxygen atoms in total. The molecule has 0 saturated heterocycles. The summed E-state index contributed by atoms with van der Waals surface area (Å²) >= 11 is 0. The van der Waals surface area contributed by atoms with Crippen LogP contribution in [0.4, 0.5) is 0 Å². The summed E-state index contributed by atoms with van der Waals surface area (Å²) in [6, 6.07) is 1.99. The van der Waals surface area contributed by atoms with E-state index in [1.54, 1.807) is 6.20 Å². The molecule has 0 radical (unpaired) electrons. The molecule has 0 amide bonds. The van der Waals surface area contributed by atoms with Crippen molar-refractivity contribution in [1.29, 1.82) is 0 Å². The Morgan fingerprint density at radius 3 is 2.75 bits per heavy atom. The van der Waals surface area contributed by atoms with Gasteiger partial charge in [0.2, 0.25) is 0 Å². The minimum absolute atomic E-state index is 0.0292. The summed E-state index contributed by atoms with van der Waals surface area (Å²) in [5, 5.41) is 4.11. The molecule has 1 saturated carbocycles. The first kappa shape index (κ1) is 11.4. The van der Waals surface area contributed by atoms with Crippen LogP contribution in [0.2, 0.25) is 0 Å². The summed E-state index contributed by atoms with van der Waals surface area (Å²) in [4.78, 5) is 12.1. The molecule has 2 rings (SSSR count). The third-order valence-corrected chi connectivity index (χ3v) is 3.91. The molecular weight excluding hydrogens is 200 g/mol. The summed E-state index contributed by atoms with van der Waals surface area (Å²) in [5.41, 5.74) is 1.12. The van der Waals surface area contributed by atoms with E-state index in [1.807, 2.05) is 17.8 Å². The lowest BCUT2D eigenvalue weighted by Crippen LogP contribution is -2.24. The largest absolute Gasteiger partial charge is 0.299 e. The summed E-state index contributed by atoms with van der Waals surface area (Å²) < 4.78 is 1.85. The molecular formula is C13H20N2O. The molecule has 16 heavy (non-hydrogen) atoms. The van der Waals surface area contributed by atoms with Crippen molar-refractivity contribution in [1.82, 2.24) is 9.78 Å². The monoisotopic (exact) mass is 220 g/mol. The number of rotatable bonds is 4. The number of aryl methyl sites for hydroxylation is 2. The second-order valence-corrected chi connectivity index (χ2v) is 5.14. The van der Waals surface area contributed by atoms with Crippen LogP contribution in [-0.2, 0) is 18.3 Å². The van der Waals surface area contributed by atoms with Gasteiger partial charge in [0.05, 0.1) is 0 Å². The Morgan fingerprint density at radius 1 is 1.50 bits per heavy atom. The quantitative estimate of drug-likeness (QED) is 0.781. The minimum Gasteiger partial charge on any atom is -0.299 e. The van der Waals surface area contributed by atoms with Crippen molar-refractivity contribution in [2.75, 3.05) is 0 Å². The van der Waals surface area contributed by atoms with Gasteiger partial charge in [0.25, 0.3) is 0 Å². The van der Waals surface area contributed by atoms with Crippen LogP contribution in [0.3, 0.4) is 0 Å². The first-order valence-corrected chi connectivity index (χ1v) is 6.12. The molecule has 0 spiro atoms. The molecule has 1 aliphatic rings. The van der Waals surface area contributed by atoms with Crippen molar-refractivity contribution < 1.29 is 4.79 Å². The number of hydrogen-bond donors (Lipinski definition) is 0. The van der Waals surface area contributed by atoms with Gasteiger partial charge in [0.15, 0.2) is 0 Å². The molecule has 1 aromatic heterocycles. The predicted molar refractivity (Wildman–Crippen MR) is 63.1 cm³/mol. The Kier molecular flexibility index (Phi) is 3.13. The van der Waals surface area contributed by atoms with E-state index < -0.39 is 0 Å². The fourth-order valence-corrected chi connectivity index (χ4v) is 2.62. The molecule has 1 fully saturated rings. The van der Waals surface area contributed by atoms with E-state index in [1.165, 1.54) is 12.8 Å². The van der Waals surface area contributed by atoms with Crippen LogP contribution in [0.1, 0.15) is 44.7 Å². The number of aromatic nitrogens is 2. The van der Waals surface area contributed by atoms with Crippen molar-refractivity contribution in [3.8, 4) is 0 Å². The van der Waals surface area contributed by atoms with Crippen LogP contribution in [0.25, 0.3) is 0 Å². The zero-order chi connectivity index (χ0) is 11.6. The zero-order valence-electron chi connectivity index (χ0n) is 10.2. The van der Waals surface area contributed by atoms with Crippen molar-refractivity contribution >= 4 is 5.78 Å². The highest BCUT2D eigenvalue weighted by Crippen LogP contribution is 2.39. The van der Waals surface area contributed by atoms with Gasteiger partial charge >= 0.3 is 0 Å². The topological polar surface area (TPSA) is 34.9 Å². The fourth-order valence-electron chi connectivity index (χ4n) is 2.62. The van der Waals surface area contributed by atoms with Crippen LogP contribution in [0.15, 0.2) is 12.3 Å². The summed E-state index contributed by atoms with van der Waals surface area (Å²) in [6.07, 6.45) is 7.87. The maximum absolute atomic E-state index is 12.1. The number of Topliss-reactive ketones (excluding diaryl/α,β-unsaturated/α-hetero) is 1. The van der Waals surface area contributed by atoms with Gasteiger partial charge in [-0.25, -0.2) is 0 Å². The third kappa shape index (κ3) is 2.18. The van der Waals surface area contributed by atoms with E-state index in [4.69, 9.17) is 0 Å². The number of hydrogen-bond acceptors (Lipinski definition) is 2. The lowest BCUT2D eigenvalue weighted by Gasteiger charge is -2.21. The maximum Gasteiger partial charge on any atom is 0.139 e. The van der Waals surface area contributed by atoms with E-state index >= 15 is 0 Å². The second-order valence-electron chi connectivity index (χ2n) is 5.14. The van der Waals surface area contributed by atoms with Crippen molar-refractivity contribution in [2.24, 2.45) is 12.5 Å². The standard InChI is InChI=1S/C13H20N2O/c1-13(8-3-4-9-13)12(16)6-5-11-7-10-14-15(11)2/h7,10H,3-6,8-9H2,1-2H3. The highest BCUT2D eigenvalue weighted by atomic mass is 16.1. The summed E-state index contributed by atoms with van der Waals surface area (Å²) in [6.45, 7) is 2.13. The highest BCUT2D eigenvalue weighted by molar-refractivity contribution is 5.84. The molecule has 0 unspecified atom stereocenters. The molecule has 3 heteroatoms. The van der Waals surface area contributed by atoms with Gasteiger partial charge in [-0.2, -0.15) is 5.10 Å². The molecule has 1 aliphatic carbocycles. The second kappa shape index (κ2) is 4.40. The number of carbonyl (C=O) groups excluding carboxylic acids is 1. The summed E-state index contributed by atoms with van der Waals surface area (Å²) in [7, 11) is 1.93. The van der Waals surface area contributed by atoms with Crippen LogP contribution in [0, 0.1) is 5.41 Å². The molecule has 0 N–H and O–H groups in total. The summed E-state index contributed by atoms with van der Waals surface area (Å²) in [5.74, 6) is 0.436. The van der Waals surface area contributed by atoms with E-state index in [9.17, 15) is 4.79 Å². The van der Waals surface area contributed by atoms with Crippen LogP contribution < -0.4 is 0 Å². The van der Waals surface area contributed by atoms with Gasteiger partial charge < -0.3 is 0 Å². The normalized spacial score (nSPS) is 18.9. The fraction of sp³-hybridized carbons (Fsp3) is 0.692. The van der Waals surface area contributed by atoms with Gasteiger partial charge in [0, 0.05) is 30.8 Å². The van der Waals surface area contributed by atoms with E-state index in [2.05, 4.69) is 12.0 Å². The van der Waals surface area contributed by atoms with Gasteiger partial charge in [-0.1, -0.05) is 19.8 Å². The number of ketones is 1. The van der Waals surface area contributed by atoms with Crippen molar-refractivity contribution in [2.45, 2.75) is 45.4 Å². The molecule has 0 aliphatic heterocycles. The first-order valence-electron chi connectivity index (χ1n) is 6.12. The molecule has 1 aromatic rings. The average Bonchev–Trinajstić information content (AvgIpc) is 2.85. The van der Waals surface area contributed by atoms with Crippen LogP contribution in [0.5, 0.6) is 0 Å². The highest BCUT2D eigenvalue weighted by Gasteiger charge is 2.35. The average molecular weight is 220 g/mol. The first-order chi connectivity index (χ1) is 7.62.